The zero-order chi connectivity index (χ0) is 11.8. The smallest absolute Gasteiger partial charge is 0.376 e. The maximum atomic E-state index is 12.1. The second-order valence-corrected chi connectivity index (χ2v) is 3.53. The molecule has 0 spiro atoms. The van der Waals surface area contributed by atoms with Crippen LogP contribution in [0, 0.1) is 0 Å². The van der Waals surface area contributed by atoms with Gasteiger partial charge in [0.1, 0.15) is 6.54 Å². The third-order valence-electron chi connectivity index (χ3n) is 2.23. The van der Waals surface area contributed by atoms with Crippen molar-refractivity contribution in [3.8, 4) is 0 Å². The van der Waals surface area contributed by atoms with E-state index in [4.69, 9.17) is 4.74 Å². The Labute approximate surface area is 88.6 Å². The van der Waals surface area contributed by atoms with Crippen molar-refractivity contribution in [3.05, 3.63) is 27.7 Å². The molecule has 2 rings (SSSR count). The highest BCUT2D eigenvalue weighted by atomic mass is 19.4. The Bertz CT molecular complexity index is 453. The predicted octanol–water partition coefficient (Wildman–Crippen LogP) is 0.878. The fourth-order valence-corrected chi connectivity index (χ4v) is 1.54. The third kappa shape index (κ3) is 2.41. The minimum atomic E-state index is -4.43. The summed E-state index contributed by atoms with van der Waals surface area (Å²) in [4.78, 5) is 11.3. The second kappa shape index (κ2) is 3.89. The van der Waals surface area contributed by atoms with Crippen molar-refractivity contribution in [1.82, 2.24) is 9.78 Å². The van der Waals surface area contributed by atoms with Crippen LogP contribution in [0.3, 0.4) is 0 Å². The van der Waals surface area contributed by atoms with Crippen LogP contribution in [-0.2, 0) is 24.3 Å². The number of hydrogen-bond acceptors (Lipinski definition) is 3. The molecule has 0 atom stereocenters. The van der Waals surface area contributed by atoms with Gasteiger partial charge < -0.3 is 4.74 Å². The molecule has 7 heteroatoms. The van der Waals surface area contributed by atoms with Crippen molar-refractivity contribution in [1.29, 1.82) is 0 Å². The van der Waals surface area contributed by atoms with E-state index in [1.165, 1.54) is 0 Å². The number of halogens is 3. The zero-order valence-electron chi connectivity index (χ0n) is 8.25. The van der Waals surface area contributed by atoms with Crippen LogP contribution in [0.25, 0.3) is 0 Å². The Kier molecular flexibility index (Phi) is 2.71. The number of aromatic nitrogens is 2. The molecule has 0 unspecified atom stereocenters. The molecule has 1 aromatic heterocycles. The average molecular weight is 234 g/mol. The number of fused-ring (bicyclic) bond motifs is 1. The van der Waals surface area contributed by atoms with E-state index in [-0.39, 0.29) is 6.61 Å². The Morgan fingerprint density at radius 3 is 2.94 bits per heavy atom. The van der Waals surface area contributed by atoms with Gasteiger partial charge in [-0.05, 0) is 0 Å². The summed E-state index contributed by atoms with van der Waals surface area (Å²) in [6, 6.07) is 1.16. The van der Waals surface area contributed by atoms with Crippen molar-refractivity contribution < 1.29 is 17.9 Å². The fraction of sp³-hybridized carbons (Fsp3) is 0.556. The molecule has 0 saturated carbocycles. The number of ether oxygens (including phenoxy) is 1. The SMILES string of the molecule is O=c1cc2c(nn1CC(F)(F)F)CCOC2. The molecule has 0 radical (unpaired) electrons. The van der Waals surface area contributed by atoms with Crippen molar-refractivity contribution in [2.24, 2.45) is 0 Å². The number of alkyl halides is 3. The van der Waals surface area contributed by atoms with E-state index in [0.717, 1.165) is 6.07 Å². The van der Waals surface area contributed by atoms with Crippen LogP contribution in [0.2, 0.25) is 0 Å². The minimum Gasteiger partial charge on any atom is -0.376 e. The van der Waals surface area contributed by atoms with E-state index in [9.17, 15) is 18.0 Å². The van der Waals surface area contributed by atoms with Gasteiger partial charge in [0.25, 0.3) is 5.56 Å². The maximum absolute atomic E-state index is 12.1. The molecular weight excluding hydrogens is 225 g/mol. The Morgan fingerprint density at radius 1 is 1.50 bits per heavy atom. The largest absolute Gasteiger partial charge is 0.408 e. The van der Waals surface area contributed by atoms with Gasteiger partial charge in [-0.3, -0.25) is 4.79 Å². The molecule has 0 saturated heterocycles. The normalized spacial score (nSPS) is 15.9. The quantitative estimate of drug-likeness (QED) is 0.724. The minimum absolute atomic E-state index is 0.241. The third-order valence-corrected chi connectivity index (χ3v) is 2.23. The molecular formula is C9H9F3N2O2. The topological polar surface area (TPSA) is 44.1 Å². The lowest BCUT2D eigenvalue weighted by Gasteiger charge is -2.17. The molecule has 2 heterocycles. The molecule has 0 aromatic carbocycles. The highest BCUT2D eigenvalue weighted by Gasteiger charge is 2.29. The first-order valence-corrected chi connectivity index (χ1v) is 4.70. The predicted molar refractivity (Wildman–Crippen MR) is 47.9 cm³/mol. The van der Waals surface area contributed by atoms with Gasteiger partial charge in [0, 0.05) is 18.1 Å². The Morgan fingerprint density at radius 2 is 2.25 bits per heavy atom. The van der Waals surface area contributed by atoms with Crippen LogP contribution in [0.15, 0.2) is 10.9 Å². The molecule has 88 valence electrons. The summed E-state index contributed by atoms with van der Waals surface area (Å²) in [5.41, 5.74) is 0.339. The molecule has 0 N–H and O–H groups in total. The van der Waals surface area contributed by atoms with Gasteiger partial charge in [-0.25, -0.2) is 4.68 Å². The summed E-state index contributed by atoms with van der Waals surface area (Å²) in [6.45, 7) is -0.686. The molecule has 0 amide bonds. The van der Waals surface area contributed by atoms with Gasteiger partial charge in [0.15, 0.2) is 0 Å². The summed E-state index contributed by atoms with van der Waals surface area (Å²) >= 11 is 0. The van der Waals surface area contributed by atoms with Gasteiger partial charge in [-0.15, -0.1) is 0 Å². The molecule has 16 heavy (non-hydrogen) atoms. The van der Waals surface area contributed by atoms with Crippen molar-refractivity contribution in [2.45, 2.75) is 25.7 Å². The van der Waals surface area contributed by atoms with Crippen LogP contribution in [0.4, 0.5) is 13.2 Å². The van der Waals surface area contributed by atoms with Crippen LogP contribution >= 0.6 is 0 Å². The summed E-state index contributed by atoms with van der Waals surface area (Å²) < 4.78 is 41.9. The zero-order valence-corrected chi connectivity index (χ0v) is 8.25. The molecule has 1 aliphatic heterocycles. The molecule has 4 nitrogen and oxygen atoms in total. The van der Waals surface area contributed by atoms with E-state index in [0.29, 0.717) is 29.0 Å². The molecule has 1 aliphatic rings. The van der Waals surface area contributed by atoms with E-state index in [1.807, 2.05) is 0 Å². The van der Waals surface area contributed by atoms with Gasteiger partial charge >= 0.3 is 6.18 Å². The van der Waals surface area contributed by atoms with E-state index in [1.54, 1.807) is 0 Å². The van der Waals surface area contributed by atoms with Crippen molar-refractivity contribution >= 4 is 0 Å². The van der Waals surface area contributed by atoms with E-state index in [2.05, 4.69) is 5.10 Å². The Balaban J connectivity index is 2.36. The first-order chi connectivity index (χ1) is 7.46. The number of rotatable bonds is 1. The lowest BCUT2D eigenvalue weighted by molar-refractivity contribution is -0.143. The maximum Gasteiger partial charge on any atom is 0.408 e. The van der Waals surface area contributed by atoms with Crippen LogP contribution in [0.5, 0.6) is 0 Å². The van der Waals surface area contributed by atoms with Gasteiger partial charge in [0.2, 0.25) is 0 Å². The van der Waals surface area contributed by atoms with Gasteiger partial charge in [-0.2, -0.15) is 18.3 Å². The Hall–Kier alpha value is -1.37. The first-order valence-electron chi connectivity index (χ1n) is 4.70. The van der Waals surface area contributed by atoms with Crippen LogP contribution < -0.4 is 5.56 Å². The lowest BCUT2D eigenvalue weighted by atomic mass is 10.1. The molecule has 0 fully saturated rings. The average Bonchev–Trinajstić information content (AvgIpc) is 2.17. The van der Waals surface area contributed by atoms with Crippen molar-refractivity contribution in [3.63, 3.8) is 0 Å². The molecule has 1 aromatic rings. The van der Waals surface area contributed by atoms with E-state index >= 15 is 0 Å². The van der Waals surface area contributed by atoms with Crippen LogP contribution in [-0.4, -0.2) is 22.6 Å². The van der Waals surface area contributed by atoms with Crippen LogP contribution in [0.1, 0.15) is 11.3 Å². The summed E-state index contributed by atoms with van der Waals surface area (Å²) in [6.07, 6.45) is -4.00. The van der Waals surface area contributed by atoms with E-state index < -0.39 is 18.3 Å². The summed E-state index contributed by atoms with van der Waals surface area (Å²) in [5, 5.41) is 3.70. The first kappa shape index (κ1) is 11.1. The standard InChI is InChI=1S/C9H9F3N2O2/c10-9(11,12)5-14-8(15)3-6-4-16-2-1-7(6)13-14/h3H,1-2,4-5H2. The highest BCUT2D eigenvalue weighted by Crippen LogP contribution is 2.17. The lowest BCUT2D eigenvalue weighted by Crippen LogP contribution is -2.32. The summed E-state index contributed by atoms with van der Waals surface area (Å²) in [7, 11) is 0. The van der Waals surface area contributed by atoms with Gasteiger partial charge in [-0.1, -0.05) is 0 Å². The number of hydrogen-bond donors (Lipinski definition) is 0. The summed E-state index contributed by atoms with van der Waals surface area (Å²) in [5.74, 6) is 0. The number of nitrogens with zero attached hydrogens (tertiary/aromatic N) is 2. The fourth-order valence-electron chi connectivity index (χ4n) is 1.54. The van der Waals surface area contributed by atoms with Gasteiger partial charge in [0.05, 0.1) is 18.9 Å². The monoisotopic (exact) mass is 234 g/mol. The molecule has 0 aliphatic carbocycles. The van der Waals surface area contributed by atoms with Crippen molar-refractivity contribution in [2.75, 3.05) is 6.61 Å². The second-order valence-electron chi connectivity index (χ2n) is 3.53. The highest BCUT2D eigenvalue weighted by molar-refractivity contribution is 5.18. The molecule has 0 bridgehead atoms.